The standard InChI is InChI=1S/C11H15NO2S/c13-6-1-7-15-12-8-10-2-4-11(9-14)5-3-10/h2-5,9,12-13H,1,6-8H2. The van der Waals surface area contributed by atoms with E-state index in [2.05, 4.69) is 4.72 Å². The number of nitrogens with one attached hydrogen (secondary N) is 1. The normalized spacial score (nSPS) is 10.2. The molecule has 0 fully saturated rings. The summed E-state index contributed by atoms with van der Waals surface area (Å²) < 4.78 is 3.19. The monoisotopic (exact) mass is 225 g/mol. The van der Waals surface area contributed by atoms with Crippen molar-refractivity contribution in [3.05, 3.63) is 35.4 Å². The van der Waals surface area contributed by atoms with Crippen molar-refractivity contribution in [1.29, 1.82) is 0 Å². The summed E-state index contributed by atoms with van der Waals surface area (Å²) in [5.41, 5.74) is 1.85. The maximum Gasteiger partial charge on any atom is 0.150 e. The maximum atomic E-state index is 10.4. The highest BCUT2D eigenvalue weighted by atomic mass is 32.2. The molecule has 0 aliphatic carbocycles. The van der Waals surface area contributed by atoms with Crippen molar-refractivity contribution in [2.75, 3.05) is 12.4 Å². The third-order valence-electron chi connectivity index (χ3n) is 1.90. The summed E-state index contributed by atoms with van der Waals surface area (Å²) in [4.78, 5) is 10.4. The van der Waals surface area contributed by atoms with E-state index in [1.807, 2.05) is 24.3 Å². The number of carbonyl (C=O) groups excluding carboxylic acids is 1. The topological polar surface area (TPSA) is 49.3 Å². The first kappa shape index (κ1) is 12.2. The summed E-state index contributed by atoms with van der Waals surface area (Å²) in [7, 11) is 0. The fourth-order valence-corrected chi connectivity index (χ4v) is 1.74. The van der Waals surface area contributed by atoms with Crippen LogP contribution in [0.2, 0.25) is 0 Å². The summed E-state index contributed by atoms with van der Waals surface area (Å²) in [6.07, 6.45) is 1.65. The van der Waals surface area contributed by atoms with E-state index in [-0.39, 0.29) is 6.61 Å². The molecule has 15 heavy (non-hydrogen) atoms. The molecule has 0 aromatic heterocycles. The molecule has 0 saturated heterocycles. The molecular weight excluding hydrogens is 210 g/mol. The molecule has 1 aromatic rings. The summed E-state index contributed by atoms with van der Waals surface area (Å²) in [5, 5.41) is 8.57. The van der Waals surface area contributed by atoms with Crippen LogP contribution in [-0.4, -0.2) is 23.8 Å². The van der Waals surface area contributed by atoms with Gasteiger partial charge in [0.1, 0.15) is 6.29 Å². The minimum atomic E-state index is 0.239. The lowest BCUT2D eigenvalue weighted by Crippen LogP contribution is -2.04. The van der Waals surface area contributed by atoms with Crippen LogP contribution in [0.15, 0.2) is 24.3 Å². The molecule has 0 radical (unpaired) electrons. The minimum Gasteiger partial charge on any atom is -0.396 e. The van der Waals surface area contributed by atoms with Crippen LogP contribution in [0.1, 0.15) is 22.3 Å². The van der Waals surface area contributed by atoms with Gasteiger partial charge in [-0.15, -0.1) is 0 Å². The van der Waals surface area contributed by atoms with Crippen molar-refractivity contribution < 1.29 is 9.90 Å². The van der Waals surface area contributed by atoms with Gasteiger partial charge in [-0.1, -0.05) is 36.2 Å². The van der Waals surface area contributed by atoms with E-state index in [9.17, 15) is 4.79 Å². The van der Waals surface area contributed by atoms with E-state index in [1.54, 1.807) is 11.9 Å². The van der Waals surface area contributed by atoms with Gasteiger partial charge in [0.05, 0.1) is 0 Å². The highest BCUT2D eigenvalue weighted by Gasteiger charge is 1.93. The summed E-state index contributed by atoms with van der Waals surface area (Å²) >= 11 is 1.60. The van der Waals surface area contributed by atoms with E-state index < -0.39 is 0 Å². The number of aldehydes is 1. The molecule has 0 bridgehead atoms. The molecular formula is C11H15NO2S. The molecule has 4 heteroatoms. The van der Waals surface area contributed by atoms with Crippen LogP contribution in [0.5, 0.6) is 0 Å². The molecule has 0 atom stereocenters. The predicted molar refractivity (Wildman–Crippen MR) is 62.8 cm³/mol. The van der Waals surface area contributed by atoms with Crippen LogP contribution in [0, 0.1) is 0 Å². The Bertz CT molecular complexity index is 287. The van der Waals surface area contributed by atoms with Gasteiger partial charge in [-0.25, -0.2) is 0 Å². The van der Waals surface area contributed by atoms with Crippen molar-refractivity contribution in [1.82, 2.24) is 4.72 Å². The van der Waals surface area contributed by atoms with Crippen LogP contribution in [0.25, 0.3) is 0 Å². The van der Waals surface area contributed by atoms with Crippen molar-refractivity contribution in [2.45, 2.75) is 13.0 Å². The number of benzene rings is 1. The number of rotatable bonds is 7. The molecule has 0 amide bonds. The number of hydrogen-bond donors (Lipinski definition) is 2. The smallest absolute Gasteiger partial charge is 0.150 e. The lowest BCUT2D eigenvalue weighted by Gasteiger charge is -2.03. The third-order valence-corrected chi connectivity index (χ3v) is 2.74. The number of aliphatic hydroxyl groups is 1. The van der Waals surface area contributed by atoms with Crippen molar-refractivity contribution in [3.8, 4) is 0 Å². The lowest BCUT2D eigenvalue weighted by atomic mass is 10.1. The van der Waals surface area contributed by atoms with E-state index in [1.165, 1.54) is 0 Å². The van der Waals surface area contributed by atoms with Crippen LogP contribution in [0.4, 0.5) is 0 Å². The van der Waals surface area contributed by atoms with Gasteiger partial charge in [-0.05, 0) is 12.0 Å². The van der Waals surface area contributed by atoms with Gasteiger partial charge in [0.2, 0.25) is 0 Å². The first-order valence-corrected chi connectivity index (χ1v) is 5.85. The molecule has 0 aliphatic heterocycles. The van der Waals surface area contributed by atoms with E-state index >= 15 is 0 Å². The lowest BCUT2D eigenvalue weighted by molar-refractivity contribution is 0.112. The molecule has 82 valence electrons. The highest BCUT2D eigenvalue weighted by molar-refractivity contribution is 7.97. The Morgan fingerprint density at radius 2 is 2.07 bits per heavy atom. The molecule has 0 unspecified atom stereocenters. The fourth-order valence-electron chi connectivity index (χ4n) is 1.06. The van der Waals surface area contributed by atoms with E-state index in [0.717, 1.165) is 30.6 Å². The van der Waals surface area contributed by atoms with Gasteiger partial charge >= 0.3 is 0 Å². The van der Waals surface area contributed by atoms with Crippen molar-refractivity contribution >= 4 is 18.2 Å². The molecule has 0 aliphatic rings. The Morgan fingerprint density at radius 1 is 1.33 bits per heavy atom. The largest absolute Gasteiger partial charge is 0.396 e. The van der Waals surface area contributed by atoms with Crippen LogP contribution in [-0.2, 0) is 6.54 Å². The fraction of sp³-hybridized carbons (Fsp3) is 0.364. The zero-order valence-corrected chi connectivity index (χ0v) is 9.30. The molecule has 0 spiro atoms. The molecule has 3 nitrogen and oxygen atoms in total. The quantitative estimate of drug-likeness (QED) is 0.420. The molecule has 1 aromatic carbocycles. The molecule has 0 heterocycles. The van der Waals surface area contributed by atoms with Gasteiger partial charge < -0.3 is 5.11 Å². The number of carbonyl (C=O) groups is 1. The SMILES string of the molecule is O=Cc1ccc(CNSCCCO)cc1. The van der Waals surface area contributed by atoms with Crippen LogP contribution in [0.3, 0.4) is 0 Å². The summed E-state index contributed by atoms with van der Waals surface area (Å²) in [6, 6.07) is 7.48. The summed E-state index contributed by atoms with van der Waals surface area (Å²) in [5.74, 6) is 0.906. The van der Waals surface area contributed by atoms with Gasteiger partial charge in [0.15, 0.2) is 0 Å². The van der Waals surface area contributed by atoms with Crippen molar-refractivity contribution in [2.24, 2.45) is 0 Å². The Kier molecular flexibility index (Phi) is 6.08. The predicted octanol–water partition coefficient (Wildman–Crippen LogP) is 1.62. The third kappa shape index (κ3) is 4.97. The van der Waals surface area contributed by atoms with Gasteiger partial charge in [-0.2, -0.15) is 0 Å². The maximum absolute atomic E-state index is 10.4. The Labute approximate surface area is 94.0 Å². The Balaban J connectivity index is 2.22. The highest BCUT2D eigenvalue weighted by Crippen LogP contribution is 2.04. The van der Waals surface area contributed by atoms with Gasteiger partial charge in [0, 0.05) is 24.5 Å². The Hall–Kier alpha value is -0.840. The number of aliphatic hydroxyl groups excluding tert-OH is 1. The van der Waals surface area contributed by atoms with Crippen LogP contribution < -0.4 is 4.72 Å². The zero-order chi connectivity index (χ0) is 10.9. The van der Waals surface area contributed by atoms with Gasteiger partial charge in [-0.3, -0.25) is 9.52 Å². The van der Waals surface area contributed by atoms with E-state index in [0.29, 0.717) is 5.56 Å². The zero-order valence-electron chi connectivity index (χ0n) is 8.48. The molecule has 1 rings (SSSR count). The average molecular weight is 225 g/mol. The van der Waals surface area contributed by atoms with Gasteiger partial charge in [0.25, 0.3) is 0 Å². The second kappa shape index (κ2) is 7.45. The van der Waals surface area contributed by atoms with Crippen molar-refractivity contribution in [3.63, 3.8) is 0 Å². The first-order chi connectivity index (χ1) is 7.36. The van der Waals surface area contributed by atoms with Crippen LogP contribution >= 0.6 is 11.9 Å². The Morgan fingerprint density at radius 3 is 2.67 bits per heavy atom. The second-order valence-electron chi connectivity index (χ2n) is 3.11. The van der Waals surface area contributed by atoms with E-state index in [4.69, 9.17) is 5.11 Å². The molecule has 2 N–H and O–H groups in total. The minimum absolute atomic E-state index is 0.239. The average Bonchev–Trinajstić information content (AvgIpc) is 2.30. The number of hydrogen-bond acceptors (Lipinski definition) is 4. The summed E-state index contributed by atoms with van der Waals surface area (Å²) in [6.45, 7) is 1.01. The second-order valence-corrected chi connectivity index (χ2v) is 4.09. The molecule has 0 saturated carbocycles. The first-order valence-electron chi connectivity index (χ1n) is 4.86.